The summed E-state index contributed by atoms with van der Waals surface area (Å²) < 4.78 is 39.8. The van der Waals surface area contributed by atoms with E-state index in [1.807, 2.05) is 0 Å². The van der Waals surface area contributed by atoms with E-state index in [1.165, 1.54) is 16.9 Å². The molecule has 0 amide bonds. The average molecular weight is 259 g/mol. The van der Waals surface area contributed by atoms with Crippen molar-refractivity contribution in [1.82, 2.24) is 19.6 Å². The van der Waals surface area contributed by atoms with Crippen LogP contribution in [0.2, 0.25) is 0 Å². The minimum Gasteiger partial charge on any atom is -0.364 e. The topological polar surface area (TPSA) is 47.7 Å². The van der Waals surface area contributed by atoms with Crippen molar-refractivity contribution < 1.29 is 13.2 Å². The van der Waals surface area contributed by atoms with E-state index in [0.29, 0.717) is 16.8 Å². The third-order valence-electron chi connectivity index (χ3n) is 2.41. The highest BCUT2D eigenvalue weighted by molar-refractivity contribution is 5.33. The first kappa shape index (κ1) is 12.5. The molecule has 0 atom stereocenters. The fourth-order valence-corrected chi connectivity index (χ4v) is 1.47. The molecule has 1 N–H and O–H groups in total. The van der Waals surface area contributed by atoms with Gasteiger partial charge in [0.25, 0.3) is 0 Å². The first-order valence-corrected chi connectivity index (χ1v) is 5.39. The van der Waals surface area contributed by atoms with Crippen molar-refractivity contribution >= 4 is 5.82 Å². The van der Waals surface area contributed by atoms with Crippen LogP contribution in [0.5, 0.6) is 0 Å². The Morgan fingerprint density at radius 2 is 2.22 bits per heavy atom. The second-order valence-electron chi connectivity index (χ2n) is 3.59. The average Bonchev–Trinajstić information content (AvgIpc) is 2.93. The standard InChI is InChI=1S/C10H12F3N5/c1-2-17-9(11)7(6-15-17)5-14-8-3-4-18(16-8)10(12)13/h3-4,6,10H,2,5H2,1H3,(H,14,16). The molecule has 2 heterocycles. The summed E-state index contributed by atoms with van der Waals surface area (Å²) >= 11 is 0. The molecular formula is C10H12F3N5. The maximum Gasteiger partial charge on any atom is 0.333 e. The maximum absolute atomic E-state index is 13.6. The Bertz CT molecular complexity index is 519. The summed E-state index contributed by atoms with van der Waals surface area (Å²) in [7, 11) is 0. The Labute approximate surface area is 101 Å². The maximum atomic E-state index is 13.6. The molecule has 0 bridgehead atoms. The van der Waals surface area contributed by atoms with Crippen molar-refractivity contribution in [3.63, 3.8) is 0 Å². The molecule has 0 fully saturated rings. The molecule has 0 saturated heterocycles. The van der Waals surface area contributed by atoms with E-state index in [-0.39, 0.29) is 12.4 Å². The molecule has 0 unspecified atom stereocenters. The smallest absolute Gasteiger partial charge is 0.333 e. The van der Waals surface area contributed by atoms with Gasteiger partial charge in [-0.1, -0.05) is 0 Å². The van der Waals surface area contributed by atoms with Gasteiger partial charge in [0.2, 0.25) is 5.95 Å². The minimum atomic E-state index is -2.68. The molecule has 5 nitrogen and oxygen atoms in total. The van der Waals surface area contributed by atoms with Crippen LogP contribution in [-0.4, -0.2) is 19.6 Å². The number of hydrogen-bond donors (Lipinski definition) is 1. The van der Waals surface area contributed by atoms with E-state index in [1.54, 1.807) is 6.92 Å². The van der Waals surface area contributed by atoms with Crippen LogP contribution >= 0.6 is 0 Å². The lowest BCUT2D eigenvalue weighted by atomic mass is 10.3. The molecule has 2 rings (SSSR count). The molecule has 98 valence electrons. The fourth-order valence-electron chi connectivity index (χ4n) is 1.47. The Balaban J connectivity index is 2.00. The van der Waals surface area contributed by atoms with E-state index < -0.39 is 12.5 Å². The zero-order chi connectivity index (χ0) is 13.1. The number of hydrogen-bond acceptors (Lipinski definition) is 3. The number of halogens is 3. The summed E-state index contributed by atoms with van der Waals surface area (Å²) in [6.45, 7) is -0.324. The monoisotopic (exact) mass is 259 g/mol. The van der Waals surface area contributed by atoms with Gasteiger partial charge in [-0.05, 0) is 6.92 Å². The van der Waals surface area contributed by atoms with Crippen molar-refractivity contribution in [1.29, 1.82) is 0 Å². The van der Waals surface area contributed by atoms with Gasteiger partial charge in [0.15, 0.2) is 0 Å². The van der Waals surface area contributed by atoms with E-state index in [2.05, 4.69) is 15.5 Å². The first-order chi connectivity index (χ1) is 8.61. The summed E-state index contributed by atoms with van der Waals surface area (Å²) in [4.78, 5) is 0. The van der Waals surface area contributed by atoms with Gasteiger partial charge in [-0.25, -0.2) is 9.36 Å². The van der Waals surface area contributed by atoms with Gasteiger partial charge in [-0.2, -0.15) is 23.4 Å². The Hall–Kier alpha value is -1.99. The molecule has 0 aliphatic carbocycles. The Kier molecular flexibility index (Phi) is 3.54. The van der Waals surface area contributed by atoms with Gasteiger partial charge in [0, 0.05) is 30.9 Å². The van der Waals surface area contributed by atoms with Crippen LogP contribution < -0.4 is 5.32 Å². The molecule has 0 aliphatic heterocycles. The van der Waals surface area contributed by atoms with Crippen molar-refractivity contribution in [2.75, 3.05) is 5.32 Å². The molecule has 2 aromatic heterocycles. The second kappa shape index (κ2) is 5.11. The van der Waals surface area contributed by atoms with Gasteiger partial charge < -0.3 is 5.32 Å². The minimum absolute atomic E-state index is 0.145. The van der Waals surface area contributed by atoms with E-state index in [0.717, 1.165) is 6.20 Å². The summed E-state index contributed by atoms with van der Waals surface area (Å²) in [5.41, 5.74) is 0.364. The van der Waals surface area contributed by atoms with Crippen LogP contribution in [0.15, 0.2) is 18.5 Å². The van der Waals surface area contributed by atoms with Crippen LogP contribution in [0, 0.1) is 5.95 Å². The fraction of sp³-hybridized carbons (Fsp3) is 0.400. The quantitative estimate of drug-likeness (QED) is 0.895. The molecule has 0 saturated carbocycles. The lowest BCUT2D eigenvalue weighted by molar-refractivity contribution is 0.0569. The lowest BCUT2D eigenvalue weighted by Crippen LogP contribution is -2.05. The van der Waals surface area contributed by atoms with Crippen molar-refractivity contribution in [2.24, 2.45) is 0 Å². The third-order valence-corrected chi connectivity index (χ3v) is 2.41. The summed E-state index contributed by atoms with van der Waals surface area (Å²) in [6, 6.07) is 1.40. The van der Waals surface area contributed by atoms with Gasteiger partial charge in [0.1, 0.15) is 5.82 Å². The first-order valence-electron chi connectivity index (χ1n) is 5.39. The highest BCUT2D eigenvalue weighted by atomic mass is 19.3. The van der Waals surface area contributed by atoms with E-state index in [9.17, 15) is 13.2 Å². The predicted molar refractivity (Wildman–Crippen MR) is 58.7 cm³/mol. The number of aromatic nitrogens is 4. The third kappa shape index (κ3) is 2.47. The molecule has 0 aromatic carbocycles. The van der Waals surface area contributed by atoms with Crippen molar-refractivity contribution in [2.45, 2.75) is 26.6 Å². The lowest BCUT2D eigenvalue weighted by Gasteiger charge is -2.02. The van der Waals surface area contributed by atoms with Crippen LogP contribution in [-0.2, 0) is 13.1 Å². The number of alkyl halides is 2. The largest absolute Gasteiger partial charge is 0.364 e. The van der Waals surface area contributed by atoms with Crippen LogP contribution in [0.3, 0.4) is 0 Å². The van der Waals surface area contributed by atoms with Crippen LogP contribution in [0.4, 0.5) is 19.0 Å². The number of aryl methyl sites for hydroxylation is 1. The Morgan fingerprint density at radius 3 is 2.78 bits per heavy atom. The SMILES string of the molecule is CCn1ncc(CNc2ccn(C(F)F)n2)c1F. The van der Waals surface area contributed by atoms with E-state index >= 15 is 0 Å². The molecule has 18 heavy (non-hydrogen) atoms. The molecule has 8 heteroatoms. The van der Waals surface area contributed by atoms with Gasteiger partial charge in [-0.15, -0.1) is 0 Å². The van der Waals surface area contributed by atoms with Crippen molar-refractivity contribution in [3.05, 3.63) is 30.0 Å². The second-order valence-corrected chi connectivity index (χ2v) is 3.59. The number of rotatable bonds is 5. The highest BCUT2D eigenvalue weighted by Crippen LogP contribution is 2.13. The van der Waals surface area contributed by atoms with Crippen LogP contribution in [0.25, 0.3) is 0 Å². The number of nitrogens with one attached hydrogen (secondary N) is 1. The molecule has 0 radical (unpaired) electrons. The summed E-state index contributed by atoms with van der Waals surface area (Å²) in [6.07, 6.45) is 2.55. The predicted octanol–water partition coefficient (Wildman–Crippen LogP) is 2.25. The zero-order valence-corrected chi connectivity index (χ0v) is 9.65. The summed E-state index contributed by atoms with van der Waals surface area (Å²) in [5.74, 6) is -0.169. The zero-order valence-electron chi connectivity index (χ0n) is 9.65. The summed E-state index contributed by atoms with van der Waals surface area (Å²) in [5, 5.41) is 10.2. The Morgan fingerprint density at radius 1 is 1.44 bits per heavy atom. The normalized spacial score (nSPS) is 11.2. The number of anilines is 1. The van der Waals surface area contributed by atoms with Crippen LogP contribution in [0.1, 0.15) is 19.0 Å². The highest BCUT2D eigenvalue weighted by Gasteiger charge is 2.10. The molecular weight excluding hydrogens is 247 g/mol. The molecule has 0 spiro atoms. The van der Waals surface area contributed by atoms with Crippen molar-refractivity contribution in [3.8, 4) is 0 Å². The van der Waals surface area contributed by atoms with E-state index in [4.69, 9.17) is 0 Å². The molecule has 0 aliphatic rings. The molecule has 2 aromatic rings. The van der Waals surface area contributed by atoms with Gasteiger partial charge in [-0.3, -0.25) is 0 Å². The van der Waals surface area contributed by atoms with Gasteiger partial charge in [0.05, 0.1) is 6.20 Å². The van der Waals surface area contributed by atoms with Gasteiger partial charge >= 0.3 is 6.55 Å². The number of nitrogens with zero attached hydrogens (tertiary/aromatic N) is 4.